The highest BCUT2D eigenvalue weighted by molar-refractivity contribution is 6.02. The summed E-state index contributed by atoms with van der Waals surface area (Å²) in [6, 6.07) is 5.55. The van der Waals surface area contributed by atoms with Crippen molar-refractivity contribution in [1.82, 2.24) is 10.2 Å². The van der Waals surface area contributed by atoms with Crippen LogP contribution in [-0.4, -0.2) is 44.6 Å². The zero-order valence-corrected chi connectivity index (χ0v) is 12.4. The summed E-state index contributed by atoms with van der Waals surface area (Å²) in [4.78, 5) is 14.0. The fourth-order valence-corrected chi connectivity index (χ4v) is 2.17. The number of carbonyl (C=O) groups is 1. The Hall–Kier alpha value is -1.59. The molecule has 1 aliphatic rings. The number of hydrogen-bond donors (Lipinski definition) is 2. The van der Waals surface area contributed by atoms with Crippen LogP contribution in [0.2, 0.25) is 0 Å². The lowest BCUT2D eigenvalue weighted by Crippen LogP contribution is -2.27. The number of nitrogens with one attached hydrogen (secondary N) is 2. The summed E-state index contributed by atoms with van der Waals surface area (Å²) >= 11 is 0. The Balaban J connectivity index is 2.02. The average Bonchev–Trinajstić information content (AvgIpc) is 2.71. The summed E-state index contributed by atoms with van der Waals surface area (Å²) in [7, 11) is 4.02. The zero-order chi connectivity index (χ0) is 14.5. The van der Waals surface area contributed by atoms with Crippen molar-refractivity contribution in [3.8, 4) is 5.75 Å². The molecule has 0 aromatic heterocycles. The van der Waals surface area contributed by atoms with Crippen molar-refractivity contribution >= 4 is 11.6 Å². The van der Waals surface area contributed by atoms with E-state index in [1.165, 1.54) is 0 Å². The maximum Gasteiger partial charge on any atom is 0.246 e. The lowest BCUT2D eigenvalue weighted by molar-refractivity contribution is -0.117. The van der Waals surface area contributed by atoms with Crippen molar-refractivity contribution < 1.29 is 9.53 Å². The second kappa shape index (κ2) is 6.72. The molecule has 0 saturated carbocycles. The fourth-order valence-electron chi connectivity index (χ4n) is 2.17. The van der Waals surface area contributed by atoms with Gasteiger partial charge in [-0.1, -0.05) is 13.0 Å². The van der Waals surface area contributed by atoms with Gasteiger partial charge in [0, 0.05) is 23.9 Å². The molecule has 5 nitrogen and oxygen atoms in total. The lowest BCUT2D eigenvalue weighted by atomic mass is 10.1. The molecule has 1 heterocycles. The molecule has 1 aliphatic heterocycles. The van der Waals surface area contributed by atoms with E-state index >= 15 is 0 Å². The smallest absolute Gasteiger partial charge is 0.246 e. The number of fused-ring (bicyclic) bond motifs is 1. The van der Waals surface area contributed by atoms with Crippen molar-refractivity contribution in [3.05, 3.63) is 23.8 Å². The van der Waals surface area contributed by atoms with Gasteiger partial charge < -0.3 is 20.3 Å². The molecule has 1 atom stereocenters. The van der Waals surface area contributed by atoms with Crippen LogP contribution >= 0.6 is 0 Å². The van der Waals surface area contributed by atoms with Gasteiger partial charge in [0.25, 0.3) is 0 Å². The third kappa shape index (κ3) is 3.49. The van der Waals surface area contributed by atoms with Gasteiger partial charge in [0.15, 0.2) is 0 Å². The minimum Gasteiger partial charge on any atom is -0.492 e. The molecule has 0 bridgehead atoms. The third-order valence-electron chi connectivity index (χ3n) is 3.26. The highest BCUT2D eigenvalue weighted by atomic mass is 16.5. The number of likely N-dealkylation sites (N-methyl/N-ethyl adjacent to an activating group) is 1. The Morgan fingerprint density at radius 3 is 2.90 bits per heavy atom. The molecule has 1 aromatic carbocycles. The van der Waals surface area contributed by atoms with E-state index in [1.807, 2.05) is 32.3 Å². The minimum atomic E-state index is -0.235. The molecule has 1 aromatic rings. The third-order valence-corrected chi connectivity index (χ3v) is 3.26. The van der Waals surface area contributed by atoms with Gasteiger partial charge in [-0.2, -0.15) is 0 Å². The molecule has 20 heavy (non-hydrogen) atoms. The molecule has 1 unspecified atom stereocenters. The van der Waals surface area contributed by atoms with Gasteiger partial charge in [0.05, 0.1) is 0 Å². The monoisotopic (exact) mass is 277 g/mol. The van der Waals surface area contributed by atoms with Crippen LogP contribution in [0, 0.1) is 0 Å². The van der Waals surface area contributed by atoms with Gasteiger partial charge >= 0.3 is 0 Å². The number of benzene rings is 1. The van der Waals surface area contributed by atoms with Gasteiger partial charge in [-0.25, -0.2) is 0 Å². The summed E-state index contributed by atoms with van der Waals surface area (Å²) in [6.07, 6.45) is 1.00. The number of nitrogens with zero attached hydrogens (tertiary/aromatic N) is 1. The number of amides is 1. The minimum absolute atomic E-state index is 0.0129. The Labute approximate surface area is 120 Å². The Kier molecular flexibility index (Phi) is 4.98. The van der Waals surface area contributed by atoms with Gasteiger partial charge in [-0.15, -0.1) is 0 Å². The Morgan fingerprint density at radius 1 is 1.40 bits per heavy atom. The van der Waals surface area contributed by atoms with Crippen LogP contribution in [0.3, 0.4) is 0 Å². The highest BCUT2D eigenvalue weighted by Crippen LogP contribution is 2.33. The molecule has 0 spiro atoms. The van der Waals surface area contributed by atoms with E-state index in [0.29, 0.717) is 6.61 Å². The predicted octanol–water partition coefficient (Wildman–Crippen LogP) is 1.62. The summed E-state index contributed by atoms with van der Waals surface area (Å²) in [5, 5.41) is 6.16. The number of anilines is 1. The predicted molar refractivity (Wildman–Crippen MR) is 80.2 cm³/mol. The van der Waals surface area contributed by atoms with E-state index in [9.17, 15) is 4.79 Å². The fraction of sp³-hybridized carbons (Fsp3) is 0.533. The molecule has 0 radical (unpaired) electrons. The van der Waals surface area contributed by atoms with Crippen LogP contribution in [0.15, 0.2) is 18.2 Å². The Bertz CT molecular complexity index is 474. The topological polar surface area (TPSA) is 53.6 Å². The first-order valence-electron chi connectivity index (χ1n) is 7.07. The Morgan fingerprint density at radius 2 is 2.20 bits per heavy atom. The van der Waals surface area contributed by atoms with Crippen LogP contribution in [0.4, 0.5) is 5.69 Å². The highest BCUT2D eigenvalue weighted by Gasteiger charge is 2.29. The quantitative estimate of drug-likeness (QED) is 0.795. The van der Waals surface area contributed by atoms with Gasteiger partial charge in [-0.3, -0.25) is 4.79 Å². The molecule has 1 amide bonds. The number of hydrogen-bond acceptors (Lipinski definition) is 4. The van der Waals surface area contributed by atoms with Crippen LogP contribution in [-0.2, 0) is 4.79 Å². The van der Waals surface area contributed by atoms with E-state index in [0.717, 1.165) is 36.5 Å². The first-order valence-corrected chi connectivity index (χ1v) is 7.07. The summed E-state index contributed by atoms with van der Waals surface area (Å²) < 4.78 is 5.68. The van der Waals surface area contributed by atoms with E-state index in [1.54, 1.807) is 0 Å². The van der Waals surface area contributed by atoms with Crippen molar-refractivity contribution in [2.45, 2.75) is 19.4 Å². The molecular weight excluding hydrogens is 254 g/mol. The van der Waals surface area contributed by atoms with Crippen LogP contribution in [0.1, 0.15) is 24.9 Å². The van der Waals surface area contributed by atoms with E-state index < -0.39 is 0 Å². The average molecular weight is 277 g/mol. The summed E-state index contributed by atoms with van der Waals surface area (Å²) in [5.41, 5.74) is 1.86. The summed E-state index contributed by atoms with van der Waals surface area (Å²) in [6.45, 7) is 4.42. The SMILES string of the molecule is CCCNC1C(=O)Nc2cc(OCCN(C)C)ccc21. The summed E-state index contributed by atoms with van der Waals surface area (Å²) in [5.74, 6) is 0.806. The number of rotatable bonds is 7. The van der Waals surface area contributed by atoms with Gasteiger partial charge in [0.2, 0.25) is 5.91 Å². The molecule has 5 heteroatoms. The van der Waals surface area contributed by atoms with E-state index in [4.69, 9.17) is 4.74 Å². The normalized spacial score (nSPS) is 17.2. The molecule has 0 fully saturated rings. The zero-order valence-electron chi connectivity index (χ0n) is 12.4. The van der Waals surface area contributed by atoms with Crippen molar-refractivity contribution in [2.24, 2.45) is 0 Å². The second-order valence-corrected chi connectivity index (χ2v) is 5.28. The van der Waals surface area contributed by atoms with Crippen molar-refractivity contribution in [2.75, 3.05) is 39.1 Å². The lowest BCUT2D eigenvalue weighted by Gasteiger charge is -2.12. The first kappa shape index (κ1) is 14.8. The maximum atomic E-state index is 11.9. The van der Waals surface area contributed by atoms with Gasteiger partial charge in [0.1, 0.15) is 18.4 Å². The van der Waals surface area contributed by atoms with E-state index in [2.05, 4.69) is 22.5 Å². The molecule has 2 N–H and O–H groups in total. The standard InChI is InChI=1S/C15H23N3O2/c1-4-7-16-14-12-6-5-11(20-9-8-18(2)3)10-13(12)17-15(14)19/h5-6,10,14,16H,4,7-9H2,1-3H3,(H,17,19). The van der Waals surface area contributed by atoms with E-state index in [-0.39, 0.29) is 11.9 Å². The van der Waals surface area contributed by atoms with Crippen LogP contribution in [0.25, 0.3) is 0 Å². The number of carbonyl (C=O) groups excluding carboxylic acids is 1. The van der Waals surface area contributed by atoms with Crippen LogP contribution < -0.4 is 15.4 Å². The van der Waals surface area contributed by atoms with Gasteiger partial charge in [-0.05, 0) is 33.1 Å². The molecule has 0 aliphatic carbocycles. The maximum absolute atomic E-state index is 11.9. The molecular formula is C15H23N3O2. The molecule has 2 rings (SSSR count). The first-order chi connectivity index (χ1) is 9.61. The largest absolute Gasteiger partial charge is 0.492 e. The van der Waals surface area contributed by atoms with Crippen molar-refractivity contribution in [1.29, 1.82) is 0 Å². The van der Waals surface area contributed by atoms with Crippen molar-refractivity contribution in [3.63, 3.8) is 0 Å². The van der Waals surface area contributed by atoms with Crippen LogP contribution in [0.5, 0.6) is 5.75 Å². The molecule has 0 saturated heterocycles. The number of ether oxygens (including phenoxy) is 1. The molecule has 110 valence electrons. The second-order valence-electron chi connectivity index (χ2n) is 5.28.